The van der Waals surface area contributed by atoms with E-state index in [1.54, 1.807) is 0 Å². The van der Waals surface area contributed by atoms with E-state index in [1.807, 2.05) is 6.33 Å². The van der Waals surface area contributed by atoms with Crippen molar-refractivity contribution in [3.05, 3.63) is 35.2 Å². The second kappa shape index (κ2) is 1.65. The summed E-state index contributed by atoms with van der Waals surface area (Å²) in [5.74, 6) is 0. The molecule has 0 saturated carbocycles. The zero-order valence-electron chi connectivity index (χ0n) is 3.94. The number of aromatic nitrogens is 2. The fourth-order valence-electron chi connectivity index (χ4n) is 0.359. The fraction of sp³-hybridized carbons (Fsp3) is 0. The first-order valence-corrected chi connectivity index (χ1v) is 2.00. The highest BCUT2D eigenvalue weighted by Crippen LogP contribution is 1.62. The van der Waals surface area contributed by atoms with E-state index >= 15 is 0 Å². The second-order valence-corrected chi connectivity index (χ2v) is 1.24. The normalized spacial score (nSPS) is 9.00. The summed E-state index contributed by atoms with van der Waals surface area (Å²) in [5.41, 5.74) is 0. The third-order valence-electron chi connectivity index (χ3n) is 0.640. The van der Waals surface area contributed by atoms with Crippen LogP contribution in [0, 0.1) is 16.7 Å². The van der Waals surface area contributed by atoms with Crippen LogP contribution in [-0.2, 0) is 0 Å². The maximum absolute atomic E-state index is 10.1. The lowest BCUT2D eigenvalue weighted by molar-refractivity contribution is -0.752. The second-order valence-electron chi connectivity index (χ2n) is 1.24. The lowest BCUT2D eigenvalue weighted by Crippen LogP contribution is -2.40. The van der Waals surface area contributed by atoms with Crippen LogP contribution < -0.4 is 9.46 Å². The molecule has 8 heavy (non-hydrogen) atoms. The zero-order valence-corrected chi connectivity index (χ0v) is 3.94. The van der Waals surface area contributed by atoms with E-state index in [-0.39, 0.29) is 0 Å². The average molecular weight is 111 g/mol. The van der Waals surface area contributed by atoms with Crippen molar-refractivity contribution in [2.75, 3.05) is 0 Å². The Morgan fingerprint density at radius 2 is 1.62 bits per heavy atom. The summed E-state index contributed by atoms with van der Waals surface area (Å²) in [5, 5.41) is 20.3. The lowest BCUT2D eigenvalue weighted by Gasteiger charge is -1.89. The van der Waals surface area contributed by atoms with Gasteiger partial charge in [-0.25, -0.2) is 0 Å². The predicted octanol–water partition coefficient (Wildman–Crippen LogP) is -1.25. The molecule has 1 rings (SSSR count). The molecule has 0 bridgehead atoms. The van der Waals surface area contributed by atoms with Gasteiger partial charge in [-0.15, -0.1) is 9.46 Å². The van der Waals surface area contributed by atoms with Crippen LogP contribution in [0.5, 0.6) is 0 Å². The minimum atomic E-state index is 0.312. The molecule has 0 atom stereocenters. The molecule has 4 heteroatoms. The summed E-state index contributed by atoms with van der Waals surface area (Å²) < 4.78 is 0.625. The monoisotopic (exact) mass is 111 g/mol. The van der Waals surface area contributed by atoms with Gasteiger partial charge in [0.05, 0.1) is 6.07 Å². The molecule has 0 spiro atoms. The summed E-state index contributed by atoms with van der Waals surface area (Å²) in [6, 6.07) is 1.34. The van der Waals surface area contributed by atoms with Gasteiger partial charge >= 0.3 is 6.33 Å². The van der Waals surface area contributed by atoms with Crippen LogP contribution in [0.25, 0.3) is 0 Å². The molecule has 0 aliphatic rings. The molecule has 0 saturated heterocycles. The van der Waals surface area contributed by atoms with Crippen molar-refractivity contribution in [1.82, 2.24) is 0 Å². The predicted molar refractivity (Wildman–Crippen MR) is 23.2 cm³/mol. The molecule has 41 valence electrons. The Morgan fingerprint density at radius 1 is 1.12 bits per heavy atom. The van der Waals surface area contributed by atoms with Crippen LogP contribution in [0.1, 0.15) is 0 Å². The van der Waals surface area contributed by atoms with Crippen molar-refractivity contribution in [2.45, 2.75) is 0 Å². The van der Waals surface area contributed by atoms with Crippen LogP contribution in [0.4, 0.5) is 0 Å². The summed E-state index contributed by atoms with van der Waals surface area (Å²) in [6.07, 6.45) is 4.27. The van der Waals surface area contributed by atoms with Gasteiger partial charge in [0.25, 0.3) is 0 Å². The number of hydrogen-bond donors (Lipinski definition) is 0. The minimum Gasteiger partial charge on any atom is -0.614 e. The summed E-state index contributed by atoms with van der Waals surface area (Å²) in [7, 11) is 0. The molecule has 0 aliphatic heterocycles. The van der Waals surface area contributed by atoms with E-state index in [2.05, 4.69) is 0 Å². The Morgan fingerprint density at radius 3 is 1.88 bits per heavy atom. The van der Waals surface area contributed by atoms with Crippen molar-refractivity contribution in [2.24, 2.45) is 0 Å². The van der Waals surface area contributed by atoms with Gasteiger partial charge in [0.15, 0.2) is 12.4 Å². The number of rotatable bonds is 0. The van der Waals surface area contributed by atoms with Crippen molar-refractivity contribution < 1.29 is 9.46 Å². The molecule has 1 aromatic rings. The Balaban J connectivity index is 3.08. The quantitative estimate of drug-likeness (QED) is 0.310. The van der Waals surface area contributed by atoms with E-state index in [9.17, 15) is 10.4 Å². The van der Waals surface area contributed by atoms with Crippen LogP contribution in [0.2, 0.25) is 0 Å². The van der Waals surface area contributed by atoms with Gasteiger partial charge in [0.2, 0.25) is 0 Å². The van der Waals surface area contributed by atoms with Gasteiger partial charge in [0, 0.05) is 0 Å². The Kier molecular flexibility index (Phi) is 0.997. The van der Waals surface area contributed by atoms with Gasteiger partial charge in [-0.1, -0.05) is 0 Å². The Labute approximate surface area is 45.8 Å². The molecule has 0 unspecified atom stereocenters. The number of nitrogens with zero attached hydrogens (tertiary/aromatic N) is 2. The summed E-state index contributed by atoms with van der Waals surface area (Å²) in [6.45, 7) is 0. The smallest absolute Gasteiger partial charge is 0.614 e. The molecule has 1 heterocycles. The summed E-state index contributed by atoms with van der Waals surface area (Å²) >= 11 is 0. The largest absolute Gasteiger partial charge is 0.614 e. The third kappa shape index (κ3) is 0.841. The van der Waals surface area contributed by atoms with Gasteiger partial charge in [-0.05, 0) is 0 Å². The van der Waals surface area contributed by atoms with Gasteiger partial charge in [-0.3, -0.25) is 0 Å². The average Bonchev–Trinajstić information content (AvgIpc) is 1.64. The summed E-state index contributed by atoms with van der Waals surface area (Å²) in [4.78, 5) is 0. The van der Waals surface area contributed by atoms with E-state index < -0.39 is 0 Å². The molecule has 0 N–H and O–H groups in total. The molecule has 0 aliphatic carbocycles. The van der Waals surface area contributed by atoms with E-state index in [0.29, 0.717) is 9.46 Å². The molecule has 0 aromatic carbocycles. The molecule has 4 nitrogen and oxygen atoms in total. The molecular formula is C4H3N2O2. The zero-order chi connectivity index (χ0) is 5.98. The molecule has 1 radical (unpaired) electrons. The van der Waals surface area contributed by atoms with Crippen LogP contribution >= 0.6 is 0 Å². The molecule has 1 aromatic heterocycles. The van der Waals surface area contributed by atoms with E-state index in [1.165, 1.54) is 18.5 Å². The highest BCUT2D eigenvalue weighted by Gasteiger charge is 1.94. The van der Waals surface area contributed by atoms with Gasteiger partial charge < -0.3 is 10.4 Å². The van der Waals surface area contributed by atoms with E-state index in [0.717, 1.165) is 0 Å². The van der Waals surface area contributed by atoms with Crippen molar-refractivity contribution in [3.63, 3.8) is 0 Å². The Bertz CT molecular complexity index is 172. The molecule has 0 fully saturated rings. The standard InChI is InChI=1S/C4H3N2O2/c7-5-2-1-3-6(8)4-5/h1-3H. The van der Waals surface area contributed by atoms with Crippen molar-refractivity contribution in [3.8, 4) is 0 Å². The minimum absolute atomic E-state index is 0.312. The first-order chi connectivity index (χ1) is 3.79. The fourth-order valence-corrected chi connectivity index (χ4v) is 0.359. The topological polar surface area (TPSA) is 53.9 Å². The lowest BCUT2D eigenvalue weighted by atomic mass is 10.7. The van der Waals surface area contributed by atoms with Crippen molar-refractivity contribution >= 4 is 0 Å². The SMILES string of the molecule is [O-][n+]1[c][n+]([O-])ccc1. The molecule has 0 amide bonds. The van der Waals surface area contributed by atoms with Crippen LogP contribution in [-0.4, -0.2) is 0 Å². The number of hydrogen-bond acceptors (Lipinski definition) is 2. The van der Waals surface area contributed by atoms with Gasteiger partial charge in [-0.2, -0.15) is 0 Å². The Hall–Kier alpha value is -1.32. The first-order valence-electron chi connectivity index (χ1n) is 2.00. The van der Waals surface area contributed by atoms with Gasteiger partial charge in [0.1, 0.15) is 0 Å². The first kappa shape index (κ1) is 4.83. The third-order valence-corrected chi connectivity index (χ3v) is 0.640. The van der Waals surface area contributed by atoms with E-state index in [4.69, 9.17) is 0 Å². The highest BCUT2D eigenvalue weighted by atomic mass is 16.5. The van der Waals surface area contributed by atoms with Crippen molar-refractivity contribution in [1.29, 1.82) is 0 Å². The maximum Gasteiger partial charge on any atom is 0.614 e. The highest BCUT2D eigenvalue weighted by molar-refractivity contribution is 4.63. The molecular weight excluding hydrogens is 108 g/mol. The van der Waals surface area contributed by atoms with Crippen LogP contribution in [0.3, 0.4) is 0 Å². The van der Waals surface area contributed by atoms with Crippen LogP contribution in [0.15, 0.2) is 18.5 Å². The maximum atomic E-state index is 10.1.